The fraction of sp³-hybridized carbons (Fsp3) is 0.500. The standard InChI is InChI=1S/C14H20ClO2Si/c1-13(2,3)14(10-16,17-18(4)5)11-7-6-8-12(15)9-11/h6-10H,1-5H3. The number of benzene rings is 1. The lowest BCUT2D eigenvalue weighted by atomic mass is 9.73. The van der Waals surface area contributed by atoms with Gasteiger partial charge in [-0.2, -0.15) is 0 Å². The van der Waals surface area contributed by atoms with Gasteiger partial charge in [-0.05, 0) is 30.8 Å². The molecule has 0 spiro atoms. The van der Waals surface area contributed by atoms with E-state index in [1.165, 1.54) is 0 Å². The van der Waals surface area contributed by atoms with E-state index in [0.717, 1.165) is 11.8 Å². The van der Waals surface area contributed by atoms with Crippen molar-refractivity contribution in [3.8, 4) is 0 Å². The van der Waals surface area contributed by atoms with Crippen LogP contribution in [0.25, 0.3) is 0 Å². The Morgan fingerprint density at radius 2 is 1.89 bits per heavy atom. The molecule has 0 saturated heterocycles. The average Bonchev–Trinajstić information content (AvgIpc) is 2.23. The van der Waals surface area contributed by atoms with E-state index in [4.69, 9.17) is 16.0 Å². The van der Waals surface area contributed by atoms with E-state index >= 15 is 0 Å². The molecule has 0 heterocycles. The Labute approximate surface area is 116 Å². The lowest BCUT2D eigenvalue weighted by molar-refractivity contribution is -0.133. The Morgan fingerprint density at radius 3 is 2.28 bits per heavy atom. The lowest BCUT2D eigenvalue weighted by Gasteiger charge is -2.42. The third kappa shape index (κ3) is 3.02. The molecular formula is C14H20ClO2Si. The van der Waals surface area contributed by atoms with Gasteiger partial charge in [0.25, 0.3) is 0 Å². The van der Waals surface area contributed by atoms with E-state index in [9.17, 15) is 4.79 Å². The molecule has 18 heavy (non-hydrogen) atoms. The quantitative estimate of drug-likeness (QED) is 0.616. The molecule has 2 nitrogen and oxygen atoms in total. The summed E-state index contributed by atoms with van der Waals surface area (Å²) in [4.78, 5) is 11.8. The maximum atomic E-state index is 11.8. The fourth-order valence-corrected chi connectivity index (χ4v) is 3.26. The second-order valence-electron chi connectivity index (χ2n) is 5.62. The molecule has 1 aromatic carbocycles. The SMILES string of the molecule is C[Si](C)OC(C=O)(c1cccc(Cl)c1)C(C)(C)C. The first-order valence-electron chi connectivity index (χ1n) is 5.94. The van der Waals surface area contributed by atoms with Crippen LogP contribution < -0.4 is 0 Å². The van der Waals surface area contributed by atoms with Crippen molar-refractivity contribution in [1.82, 2.24) is 0 Å². The van der Waals surface area contributed by atoms with Crippen LogP contribution in [0.5, 0.6) is 0 Å². The monoisotopic (exact) mass is 283 g/mol. The van der Waals surface area contributed by atoms with Crippen molar-refractivity contribution in [2.75, 3.05) is 0 Å². The largest absolute Gasteiger partial charge is 0.401 e. The predicted molar refractivity (Wildman–Crippen MR) is 77.2 cm³/mol. The molecule has 0 aliphatic rings. The number of halogens is 1. The number of hydrogen-bond donors (Lipinski definition) is 0. The van der Waals surface area contributed by atoms with Gasteiger partial charge in [0.05, 0.1) is 0 Å². The van der Waals surface area contributed by atoms with Crippen LogP contribution in [0, 0.1) is 5.41 Å². The minimum absolute atomic E-state index is 0.332. The zero-order chi connectivity index (χ0) is 14.0. The van der Waals surface area contributed by atoms with Gasteiger partial charge in [-0.1, -0.05) is 44.5 Å². The molecule has 99 valence electrons. The first-order valence-corrected chi connectivity index (χ1v) is 8.73. The van der Waals surface area contributed by atoms with Gasteiger partial charge in [-0.3, -0.25) is 4.79 Å². The first kappa shape index (κ1) is 15.4. The Morgan fingerprint density at radius 1 is 1.28 bits per heavy atom. The zero-order valence-corrected chi connectivity index (χ0v) is 13.3. The van der Waals surface area contributed by atoms with E-state index in [0.29, 0.717) is 5.02 Å². The molecule has 0 fully saturated rings. The molecule has 0 aliphatic heterocycles. The second-order valence-corrected chi connectivity index (χ2v) is 8.08. The lowest BCUT2D eigenvalue weighted by Crippen LogP contribution is -2.46. The number of aldehydes is 1. The number of carbonyl (C=O) groups is 1. The van der Waals surface area contributed by atoms with Crippen molar-refractivity contribution in [3.05, 3.63) is 34.9 Å². The fourth-order valence-electron chi connectivity index (χ4n) is 1.96. The van der Waals surface area contributed by atoms with Crippen molar-refractivity contribution in [1.29, 1.82) is 0 Å². The first-order chi connectivity index (χ1) is 8.23. The molecule has 0 bridgehead atoms. The molecule has 1 radical (unpaired) electrons. The van der Waals surface area contributed by atoms with E-state index in [1.807, 2.05) is 52.1 Å². The number of carbonyl (C=O) groups excluding carboxylic acids is 1. The topological polar surface area (TPSA) is 26.3 Å². The van der Waals surface area contributed by atoms with E-state index in [2.05, 4.69) is 0 Å². The van der Waals surface area contributed by atoms with Crippen molar-refractivity contribution in [3.63, 3.8) is 0 Å². The summed E-state index contributed by atoms with van der Waals surface area (Å²) in [5.41, 5.74) is -0.444. The molecule has 0 N–H and O–H groups in total. The highest BCUT2D eigenvalue weighted by molar-refractivity contribution is 6.48. The summed E-state index contributed by atoms with van der Waals surface area (Å²) in [6.45, 7) is 10.1. The average molecular weight is 284 g/mol. The van der Waals surface area contributed by atoms with Crippen LogP contribution in [0.15, 0.2) is 24.3 Å². The van der Waals surface area contributed by atoms with Crippen molar-refractivity contribution in [2.24, 2.45) is 5.41 Å². The highest BCUT2D eigenvalue weighted by Crippen LogP contribution is 2.42. The zero-order valence-electron chi connectivity index (χ0n) is 11.6. The molecule has 1 unspecified atom stereocenters. The maximum absolute atomic E-state index is 11.8. The van der Waals surface area contributed by atoms with Gasteiger partial charge in [-0.15, -0.1) is 0 Å². The van der Waals surface area contributed by atoms with Gasteiger partial charge in [0.2, 0.25) is 9.04 Å². The summed E-state index contributed by atoms with van der Waals surface area (Å²) in [7, 11) is -1.02. The third-order valence-corrected chi connectivity index (χ3v) is 3.86. The predicted octanol–water partition coefficient (Wildman–Crippen LogP) is 4.05. The molecule has 0 aliphatic carbocycles. The van der Waals surface area contributed by atoms with Gasteiger partial charge in [0.15, 0.2) is 6.29 Å². The van der Waals surface area contributed by atoms with Gasteiger partial charge in [-0.25, -0.2) is 0 Å². The minimum Gasteiger partial charge on any atom is -0.401 e. The van der Waals surface area contributed by atoms with Gasteiger partial charge < -0.3 is 4.43 Å². The van der Waals surface area contributed by atoms with Crippen molar-refractivity contribution >= 4 is 26.9 Å². The highest BCUT2D eigenvalue weighted by Gasteiger charge is 2.45. The number of hydrogen-bond acceptors (Lipinski definition) is 2. The third-order valence-electron chi connectivity index (χ3n) is 2.90. The summed E-state index contributed by atoms with van der Waals surface area (Å²) in [6.07, 6.45) is 0.913. The van der Waals surface area contributed by atoms with Gasteiger partial charge >= 0.3 is 0 Å². The Balaban J connectivity index is 3.40. The van der Waals surface area contributed by atoms with Gasteiger partial charge in [0.1, 0.15) is 5.60 Å². The maximum Gasteiger partial charge on any atom is 0.206 e. The van der Waals surface area contributed by atoms with Crippen LogP contribution in [-0.4, -0.2) is 15.3 Å². The van der Waals surface area contributed by atoms with Crippen molar-refractivity contribution < 1.29 is 9.22 Å². The van der Waals surface area contributed by atoms with Crippen LogP contribution in [-0.2, 0) is 14.8 Å². The van der Waals surface area contributed by atoms with Gasteiger partial charge in [0, 0.05) is 10.4 Å². The van der Waals surface area contributed by atoms with Crippen molar-refractivity contribution in [2.45, 2.75) is 39.5 Å². The van der Waals surface area contributed by atoms with Crippen LogP contribution in [0.4, 0.5) is 0 Å². The van der Waals surface area contributed by atoms with E-state index in [-0.39, 0.29) is 5.41 Å². The van der Waals surface area contributed by atoms with Crippen LogP contribution in [0.2, 0.25) is 18.1 Å². The normalized spacial score (nSPS) is 15.5. The molecule has 4 heteroatoms. The van der Waals surface area contributed by atoms with Crippen LogP contribution in [0.3, 0.4) is 0 Å². The van der Waals surface area contributed by atoms with Crippen LogP contribution >= 0.6 is 11.6 Å². The summed E-state index contributed by atoms with van der Waals surface area (Å²) < 4.78 is 6.07. The molecular weight excluding hydrogens is 264 g/mol. The summed E-state index contributed by atoms with van der Waals surface area (Å²) >= 11 is 6.03. The molecule has 0 aromatic heterocycles. The summed E-state index contributed by atoms with van der Waals surface area (Å²) in [5, 5.41) is 0.618. The minimum atomic E-state index is -1.02. The Kier molecular flexibility index (Phi) is 4.76. The van der Waals surface area contributed by atoms with E-state index < -0.39 is 14.6 Å². The highest BCUT2D eigenvalue weighted by atomic mass is 35.5. The molecule has 1 rings (SSSR count). The summed E-state index contributed by atoms with van der Waals surface area (Å²) in [5.74, 6) is 0. The smallest absolute Gasteiger partial charge is 0.206 e. The molecule has 1 aromatic rings. The number of rotatable bonds is 4. The van der Waals surface area contributed by atoms with Crippen LogP contribution in [0.1, 0.15) is 26.3 Å². The molecule has 1 atom stereocenters. The molecule has 0 saturated carbocycles. The second kappa shape index (κ2) is 5.55. The van der Waals surface area contributed by atoms with E-state index in [1.54, 1.807) is 6.07 Å². The Bertz CT molecular complexity index is 426. The molecule has 0 amide bonds. The summed E-state index contributed by atoms with van der Waals surface area (Å²) in [6, 6.07) is 7.36. The Hall–Kier alpha value is -0.643.